The highest BCUT2D eigenvalue weighted by atomic mass is 32.2. The van der Waals surface area contributed by atoms with E-state index in [1.807, 2.05) is 12.1 Å². The summed E-state index contributed by atoms with van der Waals surface area (Å²) in [7, 11) is 1.34. The van der Waals surface area contributed by atoms with Gasteiger partial charge in [-0.25, -0.2) is 14.6 Å². The summed E-state index contributed by atoms with van der Waals surface area (Å²) in [4.78, 5) is 28.9. The minimum atomic E-state index is -1.56. The van der Waals surface area contributed by atoms with E-state index in [-0.39, 0.29) is 6.61 Å². The van der Waals surface area contributed by atoms with Crippen molar-refractivity contribution in [1.82, 2.24) is 9.97 Å². The van der Waals surface area contributed by atoms with E-state index < -0.39 is 23.9 Å². The van der Waals surface area contributed by atoms with Gasteiger partial charge in [0.2, 0.25) is 0 Å². The van der Waals surface area contributed by atoms with Crippen molar-refractivity contribution in [3.8, 4) is 0 Å². The number of rotatable bonds is 7. The first-order valence-corrected chi connectivity index (χ1v) is 7.27. The van der Waals surface area contributed by atoms with Crippen LogP contribution in [0, 0.1) is 0 Å². The van der Waals surface area contributed by atoms with Crippen LogP contribution in [0.25, 0.3) is 11.0 Å². The molecule has 0 spiro atoms. The highest BCUT2D eigenvalue weighted by Gasteiger charge is 2.31. The number of methoxy groups -OCH3 is 1. The number of hydrogen-bond donors (Lipinski definition) is 3. The molecule has 0 fully saturated rings. The molecule has 10 heteroatoms. The average molecular weight is 342 g/mol. The van der Waals surface area contributed by atoms with Crippen LogP contribution in [0.2, 0.25) is 0 Å². The van der Waals surface area contributed by atoms with Crippen LogP contribution in [-0.4, -0.2) is 57.7 Å². The summed E-state index contributed by atoms with van der Waals surface area (Å²) < 4.78 is 14.2. The highest BCUT2D eigenvalue weighted by molar-refractivity contribution is 7.99. The zero-order valence-corrected chi connectivity index (χ0v) is 12.8. The SMILES string of the molecule is COCC(OC(=O)O)C(OC(=O)O)Sc1nc2ccccc2[nH]1. The summed E-state index contributed by atoms with van der Waals surface area (Å²) in [6, 6.07) is 7.22. The van der Waals surface area contributed by atoms with Crippen LogP contribution in [0.4, 0.5) is 9.59 Å². The van der Waals surface area contributed by atoms with Crippen LogP contribution in [0.3, 0.4) is 0 Å². The number of hydrogen-bond acceptors (Lipinski definition) is 7. The molecular weight excluding hydrogens is 328 g/mol. The number of carboxylic acid groups (broad SMARTS) is 2. The van der Waals surface area contributed by atoms with Gasteiger partial charge in [0.25, 0.3) is 0 Å². The van der Waals surface area contributed by atoms with E-state index in [0.717, 1.165) is 17.3 Å². The van der Waals surface area contributed by atoms with E-state index in [1.165, 1.54) is 7.11 Å². The van der Waals surface area contributed by atoms with Crippen molar-refractivity contribution in [2.75, 3.05) is 13.7 Å². The van der Waals surface area contributed by atoms with Gasteiger partial charge in [-0.1, -0.05) is 12.1 Å². The molecule has 0 aliphatic carbocycles. The summed E-state index contributed by atoms with van der Waals surface area (Å²) in [6.45, 7) is -0.169. The first kappa shape index (κ1) is 16.9. The number of carbonyl (C=O) groups is 2. The average Bonchev–Trinajstić information content (AvgIpc) is 2.87. The van der Waals surface area contributed by atoms with Gasteiger partial charge in [-0.05, 0) is 23.9 Å². The molecule has 1 aromatic carbocycles. The molecule has 9 nitrogen and oxygen atoms in total. The van der Waals surface area contributed by atoms with Gasteiger partial charge in [0.15, 0.2) is 16.7 Å². The van der Waals surface area contributed by atoms with Gasteiger partial charge in [0, 0.05) is 7.11 Å². The molecule has 0 amide bonds. The Morgan fingerprint density at radius 3 is 2.57 bits per heavy atom. The van der Waals surface area contributed by atoms with E-state index in [4.69, 9.17) is 19.7 Å². The molecule has 23 heavy (non-hydrogen) atoms. The molecule has 1 heterocycles. The molecule has 0 aliphatic rings. The van der Waals surface area contributed by atoms with E-state index in [1.54, 1.807) is 12.1 Å². The van der Waals surface area contributed by atoms with Crippen molar-refractivity contribution in [2.45, 2.75) is 16.7 Å². The Morgan fingerprint density at radius 2 is 1.96 bits per heavy atom. The predicted molar refractivity (Wildman–Crippen MR) is 79.6 cm³/mol. The lowest BCUT2D eigenvalue weighted by Crippen LogP contribution is -2.36. The Balaban J connectivity index is 2.21. The van der Waals surface area contributed by atoms with Crippen molar-refractivity contribution in [3.05, 3.63) is 24.3 Å². The van der Waals surface area contributed by atoms with Crippen LogP contribution in [0.5, 0.6) is 0 Å². The Labute approximate surface area is 134 Å². The van der Waals surface area contributed by atoms with Crippen molar-refractivity contribution < 1.29 is 34.0 Å². The largest absolute Gasteiger partial charge is 0.507 e. The summed E-state index contributed by atoms with van der Waals surface area (Å²) in [5.41, 5.74) is 0.266. The van der Waals surface area contributed by atoms with Crippen molar-refractivity contribution in [3.63, 3.8) is 0 Å². The molecule has 0 radical (unpaired) electrons. The maximum atomic E-state index is 10.9. The maximum Gasteiger partial charge on any atom is 0.507 e. The number of nitrogens with zero attached hydrogens (tertiary/aromatic N) is 1. The highest BCUT2D eigenvalue weighted by Crippen LogP contribution is 2.28. The number of ether oxygens (including phenoxy) is 3. The van der Waals surface area contributed by atoms with Gasteiger partial charge in [-0.15, -0.1) is 0 Å². The van der Waals surface area contributed by atoms with Crippen LogP contribution < -0.4 is 0 Å². The Morgan fingerprint density at radius 1 is 1.26 bits per heavy atom. The molecule has 0 aliphatic heterocycles. The molecule has 3 N–H and O–H groups in total. The minimum Gasteiger partial charge on any atom is -0.450 e. The van der Waals surface area contributed by atoms with E-state index >= 15 is 0 Å². The number of H-pyrrole nitrogens is 1. The number of imidazole rings is 1. The van der Waals surface area contributed by atoms with Gasteiger partial charge in [-0.2, -0.15) is 0 Å². The third-order valence-electron chi connectivity index (χ3n) is 2.70. The molecule has 124 valence electrons. The number of thioether (sulfide) groups is 1. The van der Waals surface area contributed by atoms with Crippen LogP contribution in [0.1, 0.15) is 0 Å². The van der Waals surface area contributed by atoms with Gasteiger partial charge >= 0.3 is 12.3 Å². The molecule has 0 bridgehead atoms. The molecule has 2 atom stereocenters. The van der Waals surface area contributed by atoms with E-state index in [0.29, 0.717) is 10.7 Å². The second-order valence-electron chi connectivity index (χ2n) is 4.31. The molecule has 1 aromatic heterocycles. The normalized spacial score (nSPS) is 13.4. The monoisotopic (exact) mass is 342 g/mol. The predicted octanol–water partition coefficient (Wildman–Crippen LogP) is 2.39. The third kappa shape index (κ3) is 4.76. The number of benzene rings is 1. The fourth-order valence-corrected chi connectivity index (χ4v) is 2.79. The van der Waals surface area contributed by atoms with Crippen molar-refractivity contribution >= 4 is 35.1 Å². The fourth-order valence-electron chi connectivity index (χ4n) is 1.83. The number of fused-ring (bicyclic) bond motifs is 1. The lowest BCUT2D eigenvalue weighted by Gasteiger charge is -2.22. The summed E-state index contributed by atoms with van der Waals surface area (Å²) in [5.74, 6) is 0. The second kappa shape index (κ2) is 7.70. The van der Waals surface area contributed by atoms with E-state index in [2.05, 4.69) is 14.7 Å². The standard InChI is InChI=1S/C13H14N2O7S/c1-20-6-9(21-12(16)17)10(22-13(18)19)23-11-14-7-4-2-3-5-8(7)15-11/h2-5,9-10H,6H2,1H3,(H,14,15)(H,16,17)(H,18,19). The van der Waals surface area contributed by atoms with Crippen molar-refractivity contribution in [1.29, 1.82) is 0 Å². The topological polar surface area (TPSA) is 131 Å². The third-order valence-corrected chi connectivity index (χ3v) is 3.75. The zero-order chi connectivity index (χ0) is 16.8. The first-order valence-electron chi connectivity index (χ1n) is 6.39. The molecule has 0 saturated carbocycles. The number of aromatic amines is 1. The van der Waals surface area contributed by atoms with Gasteiger partial charge < -0.3 is 29.4 Å². The first-order chi connectivity index (χ1) is 11.0. The number of para-hydroxylation sites is 2. The lowest BCUT2D eigenvalue weighted by atomic mass is 10.3. The van der Waals surface area contributed by atoms with Gasteiger partial charge in [-0.3, -0.25) is 0 Å². The van der Waals surface area contributed by atoms with Crippen LogP contribution in [-0.2, 0) is 14.2 Å². The lowest BCUT2D eigenvalue weighted by molar-refractivity contribution is -0.0370. The van der Waals surface area contributed by atoms with Crippen LogP contribution in [0.15, 0.2) is 29.4 Å². The number of nitrogens with one attached hydrogen (secondary N) is 1. The Kier molecular flexibility index (Phi) is 5.66. The molecule has 2 unspecified atom stereocenters. The molecule has 0 saturated heterocycles. The smallest absolute Gasteiger partial charge is 0.450 e. The summed E-state index contributed by atoms with van der Waals surface area (Å²) in [6.07, 6.45) is -4.27. The van der Waals surface area contributed by atoms with Crippen molar-refractivity contribution in [2.24, 2.45) is 0 Å². The van der Waals surface area contributed by atoms with E-state index in [9.17, 15) is 9.59 Å². The summed E-state index contributed by atoms with van der Waals surface area (Å²) >= 11 is 0.895. The Hall–Kier alpha value is -2.46. The molecular formula is C13H14N2O7S. The second-order valence-corrected chi connectivity index (χ2v) is 5.39. The minimum absolute atomic E-state index is 0.169. The molecule has 2 rings (SSSR count). The van der Waals surface area contributed by atoms with Gasteiger partial charge in [0.05, 0.1) is 17.6 Å². The molecule has 2 aromatic rings. The van der Waals surface area contributed by atoms with Gasteiger partial charge in [0.1, 0.15) is 0 Å². The fraction of sp³-hybridized carbons (Fsp3) is 0.308. The maximum absolute atomic E-state index is 10.9. The Bertz CT molecular complexity index is 657. The zero-order valence-electron chi connectivity index (χ0n) is 12.0. The summed E-state index contributed by atoms with van der Waals surface area (Å²) in [5, 5.41) is 18.0. The van der Waals surface area contributed by atoms with Crippen LogP contribution >= 0.6 is 11.8 Å². The quantitative estimate of drug-likeness (QED) is 0.394. The number of aromatic nitrogens is 2.